The molecule has 1 aromatic rings. The van der Waals surface area contributed by atoms with Crippen LogP contribution < -0.4 is 5.73 Å². The Hall–Kier alpha value is -0.960. The number of hydrogen-bond donors (Lipinski definition) is 1. The van der Waals surface area contributed by atoms with E-state index in [2.05, 4.69) is 16.9 Å². The lowest BCUT2D eigenvalue weighted by Crippen LogP contribution is -2.10. The monoisotopic (exact) mass is 193 g/mol. The van der Waals surface area contributed by atoms with E-state index in [-0.39, 0.29) is 6.04 Å². The highest BCUT2D eigenvalue weighted by Gasteiger charge is 2.06. The van der Waals surface area contributed by atoms with Crippen molar-refractivity contribution in [1.82, 2.24) is 9.97 Å². The van der Waals surface area contributed by atoms with Gasteiger partial charge in [-0.05, 0) is 20.3 Å². The highest BCUT2D eigenvalue weighted by molar-refractivity contribution is 5.19. The summed E-state index contributed by atoms with van der Waals surface area (Å²) < 4.78 is 0. The van der Waals surface area contributed by atoms with E-state index < -0.39 is 0 Å². The molecule has 0 saturated carbocycles. The van der Waals surface area contributed by atoms with Crippen molar-refractivity contribution in [1.29, 1.82) is 0 Å². The first-order valence-corrected chi connectivity index (χ1v) is 5.23. The molecule has 1 aromatic heterocycles. The Bertz CT molecular complexity index is 295. The van der Waals surface area contributed by atoms with Gasteiger partial charge in [0.25, 0.3) is 0 Å². The maximum absolute atomic E-state index is 5.78. The summed E-state index contributed by atoms with van der Waals surface area (Å²) in [6.45, 7) is 6.12. The van der Waals surface area contributed by atoms with Crippen molar-refractivity contribution in [2.45, 2.75) is 46.1 Å². The summed E-state index contributed by atoms with van der Waals surface area (Å²) in [5, 5.41) is 0. The number of nitrogens with zero attached hydrogens (tertiary/aromatic N) is 2. The Labute approximate surface area is 85.8 Å². The fourth-order valence-electron chi connectivity index (χ4n) is 1.43. The second kappa shape index (κ2) is 5.05. The van der Waals surface area contributed by atoms with Gasteiger partial charge in [0.05, 0.1) is 0 Å². The first kappa shape index (κ1) is 11.1. The molecule has 0 aliphatic heterocycles. The zero-order chi connectivity index (χ0) is 10.6. The molecule has 0 aliphatic carbocycles. The zero-order valence-corrected chi connectivity index (χ0v) is 9.25. The van der Waals surface area contributed by atoms with Gasteiger partial charge in [0.15, 0.2) is 0 Å². The van der Waals surface area contributed by atoms with Crippen LogP contribution >= 0.6 is 0 Å². The lowest BCUT2D eigenvalue weighted by atomic mass is 10.1. The van der Waals surface area contributed by atoms with Gasteiger partial charge in [-0.2, -0.15) is 0 Å². The fraction of sp³-hybridized carbons (Fsp3) is 0.636. The second-order valence-corrected chi connectivity index (χ2v) is 3.72. The molecule has 0 radical (unpaired) electrons. The summed E-state index contributed by atoms with van der Waals surface area (Å²) in [6.07, 6.45) is 5.16. The molecule has 0 spiro atoms. The van der Waals surface area contributed by atoms with Crippen LogP contribution in [0.5, 0.6) is 0 Å². The Morgan fingerprint density at radius 3 is 2.71 bits per heavy atom. The maximum Gasteiger partial charge on any atom is 0.128 e. The fourth-order valence-corrected chi connectivity index (χ4v) is 1.43. The molecule has 0 amide bonds. The molecular formula is C11H19N3. The van der Waals surface area contributed by atoms with Crippen molar-refractivity contribution in [3.63, 3.8) is 0 Å². The first-order chi connectivity index (χ1) is 6.65. The predicted molar refractivity (Wildman–Crippen MR) is 58.0 cm³/mol. The summed E-state index contributed by atoms with van der Waals surface area (Å²) in [7, 11) is 0. The average Bonchev–Trinajstić information content (AvgIpc) is 2.14. The summed E-state index contributed by atoms with van der Waals surface area (Å²) in [5.41, 5.74) is 7.85. The van der Waals surface area contributed by atoms with Gasteiger partial charge < -0.3 is 5.73 Å². The molecule has 1 rings (SSSR count). The Balaban J connectivity index is 2.78. The molecule has 3 nitrogen and oxygen atoms in total. The van der Waals surface area contributed by atoms with Gasteiger partial charge >= 0.3 is 0 Å². The minimum Gasteiger partial charge on any atom is -0.324 e. The molecule has 0 unspecified atom stereocenters. The van der Waals surface area contributed by atoms with Crippen LogP contribution in [0.15, 0.2) is 6.20 Å². The normalized spacial score (nSPS) is 12.9. The smallest absolute Gasteiger partial charge is 0.128 e. The van der Waals surface area contributed by atoms with Crippen molar-refractivity contribution < 1.29 is 0 Å². The first-order valence-electron chi connectivity index (χ1n) is 5.23. The molecule has 1 heterocycles. The van der Waals surface area contributed by atoms with Crippen LogP contribution in [0.25, 0.3) is 0 Å². The SMILES string of the molecule is CCCCc1ncc([C@H](C)N)c(C)n1. The Morgan fingerprint density at radius 1 is 1.50 bits per heavy atom. The summed E-state index contributed by atoms with van der Waals surface area (Å²) in [6, 6.07) is 0.0234. The van der Waals surface area contributed by atoms with E-state index in [1.807, 2.05) is 20.0 Å². The number of unbranched alkanes of at least 4 members (excludes halogenated alkanes) is 1. The van der Waals surface area contributed by atoms with Crippen molar-refractivity contribution in [2.24, 2.45) is 5.73 Å². The van der Waals surface area contributed by atoms with Gasteiger partial charge in [-0.3, -0.25) is 0 Å². The maximum atomic E-state index is 5.78. The van der Waals surface area contributed by atoms with E-state index in [0.717, 1.165) is 29.9 Å². The molecular weight excluding hydrogens is 174 g/mol. The number of hydrogen-bond acceptors (Lipinski definition) is 3. The molecule has 3 heteroatoms. The lowest BCUT2D eigenvalue weighted by molar-refractivity contribution is 0.727. The van der Waals surface area contributed by atoms with E-state index in [0.29, 0.717) is 0 Å². The summed E-state index contributed by atoms with van der Waals surface area (Å²) in [4.78, 5) is 8.75. The van der Waals surface area contributed by atoms with Gasteiger partial charge in [0.2, 0.25) is 0 Å². The van der Waals surface area contributed by atoms with Crippen molar-refractivity contribution in [3.05, 3.63) is 23.3 Å². The van der Waals surface area contributed by atoms with Gasteiger partial charge in [-0.15, -0.1) is 0 Å². The number of rotatable bonds is 4. The number of nitrogens with two attached hydrogens (primary N) is 1. The molecule has 0 aromatic carbocycles. The summed E-state index contributed by atoms with van der Waals surface area (Å²) in [5.74, 6) is 0.939. The van der Waals surface area contributed by atoms with Crippen molar-refractivity contribution in [2.75, 3.05) is 0 Å². The van der Waals surface area contributed by atoms with Gasteiger partial charge in [-0.1, -0.05) is 13.3 Å². The summed E-state index contributed by atoms with van der Waals surface area (Å²) >= 11 is 0. The zero-order valence-electron chi connectivity index (χ0n) is 9.25. The predicted octanol–water partition coefficient (Wildman–Crippen LogP) is 2.15. The van der Waals surface area contributed by atoms with E-state index in [9.17, 15) is 0 Å². The van der Waals surface area contributed by atoms with Gasteiger partial charge in [0.1, 0.15) is 5.82 Å². The average molecular weight is 193 g/mol. The molecule has 78 valence electrons. The molecule has 0 aliphatic rings. The molecule has 1 atom stereocenters. The highest BCUT2D eigenvalue weighted by atomic mass is 14.9. The molecule has 0 saturated heterocycles. The topological polar surface area (TPSA) is 51.8 Å². The molecule has 0 bridgehead atoms. The second-order valence-electron chi connectivity index (χ2n) is 3.72. The van der Waals surface area contributed by atoms with Crippen LogP contribution in [0.1, 0.15) is 49.8 Å². The van der Waals surface area contributed by atoms with Crippen LogP contribution in [0.4, 0.5) is 0 Å². The minimum atomic E-state index is 0.0234. The minimum absolute atomic E-state index is 0.0234. The van der Waals surface area contributed by atoms with Crippen molar-refractivity contribution >= 4 is 0 Å². The van der Waals surface area contributed by atoms with Crippen LogP contribution in [0.3, 0.4) is 0 Å². The highest BCUT2D eigenvalue weighted by Crippen LogP contribution is 2.12. The van der Waals surface area contributed by atoms with Crippen LogP contribution in [0.2, 0.25) is 0 Å². The van der Waals surface area contributed by atoms with Crippen LogP contribution in [0, 0.1) is 6.92 Å². The Morgan fingerprint density at radius 2 is 2.21 bits per heavy atom. The van der Waals surface area contributed by atoms with Gasteiger partial charge in [0, 0.05) is 29.9 Å². The van der Waals surface area contributed by atoms with E-state index >= 15 is 0 Å². The number of aromatic nitrogens is 2. The van der Waals surface area contributed by atoms with Gasteiger partial charge in [-0.25, -0.2) is 9.97 Å². The third-order valence-corrected chi connectivity index (χ3v) is 2.31. The quantitative estimate of drug-likeness (QED) is 0.797. The molecule has 0 fully saturated rings. The van der Waals surface area contributed by atoms with Crippen molar-refractivity contribution in [3.8, 4) is 0 Å². The molecule has 14 heavy (non-hydrogen) atoms. The lowest BCUT2D eigenvalue weighted by Gasteiger charge is -2.09. The third-order valence-electron chi connectivity index (χ3n) is 2.31. The van der Waals surface area contributed by atoms with E-state index in [4.69, 9.17) is 5.73 Å². The van der Waals surface area contributed by atoms with E-state index in [1.54, 1.807) is 0 Å². The van der Waals surface area contributed by atoms with Crippen LogP contribution in [-0.2, 0) is 6.42 Å². The standard InChI is InChI=1S/C11H19N3/c1-4-5-6-11-13-7-10(8(2)12)9(3)14-11/h7-8H,4-6,12H2,1-3H3/t8-/m0/s1. The third kappa shape index (κ3) is 2.77. The van der Waals surface area contributed by atoms with E-state index in [1.165, 1.54) is 6.42 Å². The van der Waals surface area contributed by atoms with Crippen LogP contribution in [-0.4, -0.2) is 9.97 Å². The Kier molecular flexibility index (Phi) is 4.01. The molecule has 2 N–H and O–H groups in total. The number of aryl methyl sites for hydroxylation is 2. The largest absolute Gasteiger partial charge is 0.324 e.